The van der Waals surface area contributed by atoms with E-state index in [9.17, 15) is 36.2 Å². The summed E-state index contributed by atoms with van der Waals surface area (Å²) < 4.78 is 79.3. The molecule has 4 aromatic carbocycles. The average molecular weight is 879 g/mol. The molecule has 0 aliphatic carbocycles. The van der Waals surface area contributed by atoms with Gasteiger partial charge in [0.15, 0.2) is 11.5 Å². The third-order valence-corrected chi connectivity index (χ3v) is 11.6. The number of rotatable bonds is 26. The molecule has 0 fully saturated rings. The van der Waals surface area contributed by atoms with Gasteiger partial charge < -0.3 is 24.2 Å². The molecule has 0 aliphatic rings. The minimum absolute atomic E-state index is 0. The molecule has 0 spiro atoms. The van der Waals surface area contributed by atoms with Crippen molar-refractivity contribution in [2.24, 2.45) is 0 Å². The average Bonchev–Trinajstić information content (AvgIpc) is 3.18. The van der Waals surface area contributed by atoms with Crippen molar-refractivity contribution < 1.29 is 45.6 Å². The predicted molar refractivity (Wildman–Crippen MR) is 232 cm³/mol. The monoisotopic (exact) mass is 878 g/mol. The third kappa shape index (κ3) is 20.5. The first-order chi connectivity index (χ1) is 27.8. The van der Waals surface area contributed by atoms with Crippen LogP contribution in [0.25, 0.3) is 0 Å². The molecule has 2 N–H and O–H groups in total. The summed E-state index contributed by atoms with van der Waals surface area (Å²) in [6, 6.07) is 21.6. The van der Waals surface area contributed by atoms with E-state index in [0.29, 0.717) is 6.42 Å². The van der Waals surface area contributed by atoms with E-state index in [1.165, 1.54) is 138 Å². The molecule has 0 heterocycles. The Kier molecular flexibility index (Phi) is 25.4. The number of hydrogen-bond donors (Lipinski definition) is 2. The Hall–Kier alpha value is -2.84. The first-order valence-corrected chi connectivity index (χ1v) is 23.8. The Morgan fingerprint density at radius 3 is 1.34 bits per heavy atom. The van der Waals surface area contributed by atoms with Crippen LogP contribution in [0.15, 0.2) is 94.7 Å². The second kappa shape index (κ2) is 28.6. The molecule has 10 nitrogen and oxygen atoms in total. The number of unbranched alkanes of at least 4 members (excludes halogenated alkanes) is 16. The molecule has 4 rings (SSSR count). The van der Waals surface area contributed by atoms with E-state index in [0.717, 1.165) is 43.2 Å². The predicted octanol–water partition coefficient (Wildman–Crippen LogP) is 11.7. The molecule has 0 saturated carbocycles. The smallest absolute Gasteiger partial charge is 0.870 e. The second-order valence-corrected chi connectivity index (χ2v) is 17.5. The van der Waals surface area contributed by atoms with Gasteiger partial charge in [0.1, 0.15) is 32.3 Å². The van der Waals surface area contributed by atoms with Gasteiger partial charge in [-0.05, 0) is 79.3 Å². The fourth-order valence-corrected chi connectivity index (χ4v) is 7.89. The van der Waals surface area contributed by atoms with Crippen molar-refractivity contribution in [1.29, 1.82) is 0 Å². The van der Waals surface area contributed by atoms with Gasteiger partial charge in [0.2, 0.25) is 0 Å². The van der Waals surface area contributed by atoms with Crippen LogP contribution in [0.1, 0.15) is 141 Å². The molecule has 0 saturated heterocycles. The van der Waals surface area contributed by atoms with E-state index in [-0.39, 0.29) is 77.1 Å². The van der Waals surface area contributed by atoms with Crippen molar-refractivity contribution in [1.82, 2.24) is 0 Å². The molecule has 13 heteroatoms. The number of aryl methyl sites for hydroxylation is 2. The van der Waals surface area contributed by atoms with E-state index in [1.54, 1.807) is 36.4 Å². The molecule has 0 bridgehead atoms. The molecule has 0 unspecified atom stereocenters. The minimum Gasteiger partial charge on any atom is -0.870 e. The van der Waals surface area contributed by atoms with Crippen molar-refractivity contribution in [2.75, 3.05) is 0 Å². The molecular formula is C46H62CaO10S2. The van der Waals surface area contributed by atoms with Gasteiger partial charge in [0, 0.05) is 0 Å². The largest absolute Gasteiger partial charge is 2.00 e. The molecule has 0 aromatic heterocycles. The van der Waals surface area contributed by atoms with Crippen LogP contribution < -0.4 is 14.6 Å². The molecule has 0 amide bonds. The van der Waals surface area contributed by atoms with E-state index in [2.05, 4.69) is 13.8 Å². The summed E-state index contributed by atoms with van der Waals surface area (Å²) in [5.74, 6) is -0.481. The van der Waals surface area contributed by atoms with Crippen LogP contribution in [-0.2, 0) is 33.1 Å². The maximum Gasteiger partial charge on any atom is 2.00 e. The summed E-state index contributed by atoms with van der Waals surface area (Å²) in [5, 5.41) is 21.6. The number of benzene rings is 4. The van der Waals surface area contributed by atoms with Crippen LogP contribution in [0.5, 0.6) is 34.5 Å². The molecule has 0 atom stereocenters. The maximum absolute atomic E-state index is 11.8. The normalized spacial score (nSPS) is 11.3. The summed E-state index contributed by atoms with van der Waals surface area (Å²) in [6.45, 7) is 4.43. The Bertz CT molecular complexity index is 1870. The van der Waals surface area contributed by atoms with Gasteiger partial charge in [0.05, 0.1) is 4.90 Å². The quantitative estimate of drug-likeness (QED) is 0.0351. The van der Waals surface area contributed by atoms with Crippen molar-refractivity contribution in [3.8, 4) is 34.5 Å². The van der Waals surface area contributed by atoms with E-state index >= 15 is 0 Å². The number of phenols is 1. The van der Waals surface area contributed by atoms with Crippen LogP contribution in [0, 0.1) is 0 Å². The fraction of sp³-hybridized carbons (Fsp3) is 0.478. The Morgan fingerprint density at radius 2 is 0.898 bits per heavy atom. The summed E-state index contributed by atoms with van der Waals surface area (Å²) in [5.41, 5.74) is 1.62. The van der Waals surface area contributed by atoms with Crippen LogP contribution in [0.3, 0.4) is 0 Å². The zero-order valence-electron chi connectivity index (χ0n) is 34.9. The number of hydrogen-bond acceptors (Lipinski definition) is 9. The summed E-state index contributed by atoms with van der Waals surface area (Å²) >= 11 is 0. The van der Waals surface area contributed by atoms with Crippen LogP contribution in [-0.4, -0.2) is 68.8 Å². The zero-order valence-corrected chi connectivity index (χ0v) is 38.8. The Morgan fingerprint density at radius 1 is 0.508 bits per heavy atom. The molecule has 320 valence electrons. The van der Waals surface area contributed by atoms with Gasteiger partial charge in [-0.1, -0.05) is 165 Å². The van der Waals surface area contributed by atoms with Gasteiger partial charge in [-0.3, -0.25) is 4.55 Å². The van der Waals surface area contributed by atoms with E-state index < -0.39 is 25.1 Å². The summed E-state index contributed by atoms with van der Waals surface area (Å²) in [7, 11) is -9.16. The molecular weight excluding hydrogens is 817 g/mol. The first-order valence-electron chi connectivity index (χ1n) is 20.9. The summed E-state index contributed by atoms with van der Waals surface area (Å²) in [4.78, 5) is -0.705. The second-order valence-electron chi connectivity index (χ2n) is 14.8. The molecule has 59 heavy (non-hydrogen) atoms. The number of phenolic OH excluding ortho intramolecular Hbond substituents is 1. The van der Waals surface area contributed by atoms with Gasteiger partial charge in [-0.15, -0.1) is 0 Å². The fourth-order valence-electron chi connectivity index (χ4n) is 6.58. The van der Waals surface area contributed by atoms with Gasteiger partial charge in [-0.25, -0.2) is 8.42 Å². The number of para-hydroxylation sites is 4. The van der Waals surface area contributed by atoms with Gasteiger partial charge in [0.25, 0.3) is 10.1 Å². The van der Waals surface area contributed by atoms with Crippen molar-refractivity contribution >= 4 is 58.0 Å². The third-order valence-electron chi connectivity index (χ3n) is 9.86. The van der Waals surface area contributed by atoms with Crippen LogP contribution >= 0.6 is 0 Å². The molecule has 0 aliphatic heterocycles. The number of ether oxygens (including phenoxy) is 2. The molecule has 0 radical (unpaired) electrons. The van der Waals surface area contributed by atoms with Crippen LogP contribution in [0.4, 0.5) is 0 Å². The van der Waals surface area contributed by atoms with Gasteiger partial charge in [-0.2, -0.15) is 8.42 Å². The van der Waals surface area contributed by atoms with Crippen molar-refractivity contribution in [3.63, 3.8) is 0 Å². The first kappa shape index (κ1) is 52.3. The van der Waals surface area contributed by atoms with Crippen molar-refractivity contribution in [3.05, 3.63) is 96.1 Å². The standard InChI is InChI=1S/2C23H32O5S.Ca/c2*1-2-3-4-5-6-7-8-9-10-13-19-16-17-22(23(18-19)29(25,26)27)28-21-15-12-11-14-20(21)24;/h2*11-12,14-18,24H,2-10,13H2,1H3,(H,25,26,27);/q;;+2/p-2. The van der Waals surface area contributed by atoms with E-state index in [1.807, 2.05) is 0 Å². The Labute approximate surface area is 383 Å². The Balaban J connectivity index is 0.000000400. The SMILES string of the molecule is CCCCCCCCCCCc1ccc(Oc2ccccc2O)c(S(=O)(=O)O)c1.CCCCCCCCCCCc1ccc(Oc2ccccc2[O-])c(S(=O)(=O)[O-])c1.[Ca+2]. The van der Waals surface area contributed by atoms with Crippen molar-refractivity contribution in [2.45, 2.75) is 152 Å². The number of aromatic hydroxyl groups is 1. The topological polar surface area (TPSA) is 173 Å². The van der Waals surface area contributed by atoms with E-state index in [4.69, 9.17) is 9.47 Å². The van der Waals surface area contributed by atoms with Gasteiger partial charge >= 0.3 is 37.7 Å². The molecule has 4 aromatic rings. The summed E-state index contributed by atoms with van der Waals surface area (Å²) in [6.07, 6.45) is 23.3. The minimum atomic E-state index is -4.72. The van der Waals surface area contributed by atoms with Crippen LogP contribution in [0.2, 0.25) is 0 Å². The maximum atomic E-state index is 11.8. The zero-order chi connectivity index (χ0) is 42.2.